The maximum Gasteiger partial charge on any atom is 0.419 e. The second-order valence-corrected chi connectivity index (χ2v) is 6.06. The molecule has 1 aromatic rings. The quantitative estimate of drug-likeness (QED) is 0.847. The first-order chi connectivity index (χ1) is 11.8. The Balaban J connectivity index is 1.91. The van der Waals surface area contributed by atoms with Crippen LogP contribution in [0, 0.1) is 5.92 Å². The first-order valence-electron chi connectivity index (χ1n) is 8.06. The Bertz CT molecular complexity index is 618. The molecule has 5 nitrogen and oxygen atoms in total. The summed E-state index contributed by atoms with van der Waals surface area (Å²) < 4.78 is 43.8. The van der Waals surface area contributed by atoms with E-state index in [4.69, 9.17) is 9.84 Å². The van der Waals surface area contributed by atoms with Crippen LogP contribution in [-0.4, -0.2) is 41.6 Å². The zero-order valence-electron chi connectivity index (χ0n) is 13.6. The van der Waals surface area contributed by atoms with E-state index >= 15 is 0 Å². The normalized spacial score (nSPS) is 18.0. The number of aliphatic carboxylic acids is 1. The van der Waals surface area contributed by atoms with Crippen LogP contribution >= 0.6 is 0 Å². The number of carboxylic acids is 1. The summed E-state index contributed by atoms with van der Waals surface area (Å²) in [6.07, 6.45) is -2.43. The SMILES string of the molecule is O=C(O)CCC1CCCN(C(=O)COc2ccccc2C(F)(F)F)C1. The van der Waals surface area contributed by atoms with Crippen molar-refractivity contribution in [3.8, 4) is 5.75 Å². The van der Waals surface area contributed by atoms with Crippen molar-refractivity contribution in [2.75, 3.05) is 19.7 Å². The highest BCUT2D eigenvalue weighted by Crippen LogP contribution is 2.35. The van der Waals surface area contributed by atoms with Gasteiger partial charge in [-0.15, -0.1) is 0 Å². The summed E-state index contributed by atoms with van der Waals surface area (Å²) in [4.78, 5) is 24.4. The lowest BCUT2D eigenvalue weighted by Crippen LogP contribution is -2.42. The molecule has 1 aliphatic heterocycles. The minimum Gasteiger partial charge on any atom is -0.483 e. The van der Waals surface area contributed by atoms with Gasteiger partial charge in [-0.1, -0.05) is 12.1 Å². The minimum absolute atomic E-state index is 0.0438. The molecule has 2 rings (SSSR count). The van der Waals surface area contributed by atoms with Gasteiger partial charge in [-0.3, -0.25) is 9.59 Å². The van der Waals surface area contributed by atoms with Crippen molar-refractivity contribution in [3.63, 3.8) is 0 Å². The largest absolute Gasteiger partial charge is 0.483 e. The van der Waals surface area contributed by atoms with Gasteiger partial charge in [-0.25, -0.2) is 0 Å². The molecule has 1 fully saturated rings. The van der Waals surface area contributed by atoms with Crippen molar-refractivity contribution in [2.24, 2.45) is 5.92 Å². The monoisotopic (exact) mass is 359 g/mol. The maximum absolute atomic E-state index is 12.9. The summed E-state index contributed by atoms with van der Waals surface area (Å²) in [6, 6.07) is 4.76. The number of alkyl halides is 3. The van der Waals surface area contributed by atoms with E-state index in [2.05, 4.69) is 0 Å². The van der Waals surface area contributed by atoms with Gasteiger partial charge in [0.25, 0.3) is 5.91 Å². The minimum atomic E-state index is -4.55. The number of hydrogen-bond donors (Lipinski definition) is 1. The lowest BCUT2D eigenvalue weighted by atomic mass is 9.93. The topological polar surface area (TPSA) is 66.8 Å². The predicted octanol–water partition coefficient (Wildman–Crippen LogP) is 3.19. The molecule has 25 heavy (non-hydrogen) atoms. The molecule has 0 spiro atoms. The van der Waals surface area contributed by atoms with Crippen LogP contribution in [0.1, 0.15) is 31.2 Å². The molecule has 1 aromatic carbocycles. The Morgan fingerprint density at radius 3 is 2.68 bits per heavy atom. The van der Waals surface area contributed by atoms with Crippen LogP contribution in [0.15, 0.2) is 24.3 Å². The van der Waals surface area contributed by atoms with E-state index < -0.39 is 30.2 Å². The molecule has 1 N–H and O–H groups in total. The molecule has 1 atom stereocenters. The van der Waals surface area contributed by atoms with E-state index in [9.17, 15) is 22.8 Å². The van der Waals surface area contributed by atoms with E-state index in [1.165, 1.54) is 23.1 Å². The Morgan fingerprint density at radius 1 is 1.28 bits per heavy atom. The molecule has 1 unspecified atom stereocenters. The van der Waals surface area contributed by atoms with E-state index in [1.807, 2.05) is 0 Å². The molecule has 138 valence electrons. The van der Waals surface area contributed by atoms with Gasteiger partial charge in [0, 0.05) is 19.5 Å². The zero-order valence-corrected chi connectivity index (χ0v) is 13.6. The lowest BCUT2D eigenvalue weighted by Gasteiger charge is -2.32. The van der Waals surface area contributed by atoms with Crippen LogP contribution in [0.5, 0.6) is 5.75 Å². The first-order valence-corrected chi connectivity index (χ1v) is 8.06. The Hall–Kier alpha value is -2.25. The number of benzene rings is 1. The van der Waals surface area contributed by atoms with Crippen LogP contribution in [-0.2, 0) is 15.8 Å². The molecule has 1 heterocycles. The number of carbonyl (C=O) groups is 2. The second kappa shape index (κ2) is 8.22. The maximum atomic E-state index is 12.9. The standard InChI is InChI=1S/C17H20F3NO4/c18-17(19,20)13-5-1-2-6-14(13)25-11-15(22)21-9-3-4-12(10-21)7-8-16(23)24/h1-2,5-6,12H,3-4,7-11H2,(H,23,24). The third-order valence-electron chi connectivity index (χ3n) is 4.18. The molecule has 0 aliphatic carbocycles. The Labute approximate surface area is 143 Å². The summed E-state index contributed by atoms with van der Waals surface area (Å²) in [6.45, 7) is 0.446. The van der Waals surface area contributed by atoms with Gasteiger partial charge in [0.05, 0.1) is 5.56 Å². The first kappa shape index (κ1) is 19.1. The number of halogens is 3. The lowest BCUT2D eigenvalue weighted by molar-refractivity contribution is -0.141. The molecule has 0 bridgehead atoms. The van der Waals surface area contributed by atoms with Crippen molar-refractivity contribution in [3.05, 3.63) is 29.8 Å². The van der Waals surface area contributed by atoms with Gasteiger partial charge in [-0.05, 0) is 37.3 Å². The number of ether oxygens (including phenoxy) is 1. The number of amides is 1. The summed E-state index contributed by atoms with van der Waals surface area (Å²) in [5.74, 6) is -1.55. The van der Waals surface area contributed by atoms with Crippen molar-refractivity contribution in [1.29, 1.82) is 0 Å². The number of carbonyl (C=O) groups excluding carboxylic acids is 1. The van der Waals surface area contributed by atoms with E-state index in [0.29, 0.717) is 19.5 Å². The fraction of sp³-hybridized carbons (Fsp3) is 0.529. The average molecular weight is 359 g/mol. The van der Waals surface area contributed by atoms with Gasteiger partial charge in [-0.2, -0.15) is 13.2 Å². The van der Waals surface area contributed by atoms with Gasteiger partial charge in [0.15, 0.2) is 6.61 Å². The van der Waals surface area contributed by atoms with Gasteiger partial charge in [0.1, 0.15) is 5.75 Å². The van der Waals surface area contributed by atoms with Crippen LogP contribution in [0.25, 0.3) is 0 Å². The third kappa shape index (κ3) is 5.65. The number of nitrogens with zero attached hydrogens (tertiary/aromatic N) is 1. The highest BCUT2D eigenvalue weighted by molar-refractivity contribution is 5.78. The number of hydrogen-bond acceptors (Lipinski definition) is 3. The fourth-order valence-corrected chi connectivity index (χ4v) is 2.91. The summed E-state index contributed by atoms with van der Waals surface area (Å²) in [7, 11) is 0. The van der Waals surface area contributed by atoms with Crippen molar-refractivity contribution >= 4 is 11.9 Å². The molecular formula is C17H20F3NO4. The molecule has 8 heteroatoms. The summed E-state index contributed by atoms with van der Waals surface area (Å²) >= 11 is 0. The van der Waals surface area contributed by atoms with Gasteiger partial charge >= 0.3 is 12.1 Å². The van der Waals surface area contributed by atoms with Crippen LogP contribution in [0.3, 0.4) is 0 Å². The molecule has 1 amide bonds. The van der Waals surface area contributed by atoms with Crippen LogP contribution < -0.4 is 4.74 Å². The number of piperidine rings is 1. The highest BCUT2D eigenvalue weighted by Gasteiger charge is 2.34. The molecular weight excluding hydrogens is 339 g/mol. The van der Waals surface area contributed by atoms with Crippen LogP contribution in [0.4, 0.5) is 13.2 Å². The summed E-state index contributed by atoms with van der Waals surface area (Å²) in [5.41, 5.74) is -0.916. The Morgan fingerprint density at radius 2 is 2.00 bits per heavy atom. The molecule has 1 saturated heterocycles. The highest BCUT2D eigenvalue weighted by atomic mass is 19.4. The third-order valence-corrected chi connectivity index (χ3v) is 4.18. The molecule has 0 saturated carbocycles. The number of carboxylic acid groups (broad SMARTS) is 1. The summed E-state index contributed by atoms with van der Waals surface area (Å²) in [5, 5.41) is 8.73. The Kier molecular flexibility index (Phi) is 6.27. The molecule has 0 aromatic heterocycles. The number of para-hydroxylation sites is 1. The smallest absolute Gasteiger partial charge is 0.419 e. The average Bonchev–Trinajstić information content (AvgIpc) is 2.57. The van der Waals surface area contributed by atoms with E-state index in [-0.39, 0.29) is 18.1 Å². The molecule has 0 radical (unpaired) electrons. The fourth-order valence-electron chi connectivity index (χ4n) is 2.91. The number of rotatable bonds is 6. The predicted molar refractivity (Wildman–Crippen MR) is 83.1 cm³/mol. The zero-order chi connectivity index (χ0) is 18.4. The molecule has 1 aliphatic rings. The van der Waals surface area contributed by atoms with Crippen molar-refractivity contribution in [1.82, 2.24) is 4.90 Å². The van der Waals surface area contributed by atoms with E-state index in [0.717, 1.165) is 18.9 Å². The van der Waals surface area contributed by atoms with Gasteiger partial charge < -0.3 is 14.7 Å². The second-order valence-electron chi connectivity index (χ2n) is 6.06. The number of likely N-dealkylation sites (tertiary alicyclic amines) is 1. The van der Waals surface area contributed by atoms with E-state index in [1.54, 1.807) is 0 Å². The van der Waals surface area contributed by atoms with Crippen molar-refractivity contribution in [2.45, 2.75) is 31.9 Å². The van der Waals surface area contributed by atoms with Crippen LogP contribution in [0.2, 0.25) is 0 Å². The van der Waals surface area contributed by atoms with Gasteiger partial charge in [0.2, 0.25) is 0 Å². The van der Waals surface area contributed by atoms with Crippen molar-refractivity contribution < 1.29 is 32.6 Å².